The van der Waals surface area contributed by atoms with Gasteiger partial charge in [0.15, 0.2) is 0 Å². The molecule has 0 spiro atoms. The summed E-state index contributed by atoms with van der Waals surface area (Å²) in [6.07, 6.45) is 2.55. The summed E-state index contributed by atoms with van der Waals surface area (Å²) in [5.74, 6) is -0.406. The topological polar surface area (TPSA) is 46.5 Å². The Bertz CT molecular complexity index is 591. The number of rotatable bonds is 5. The zero-order valence-electron chi connectivity index (χ0n) is 9.88. The summed E-state index contributed by atoms with van der Waals surface area (Å²) in [7, 11) is 0. The summed E-state index contributed by atoms with van der Waals surface area (Å²) in [6, 6.07) is 9.12. The first-order valence-corrected chi connectivity index (χ1v) is 6.76. The van der Waals surface area contributed by atoms with E-state index in [9.17, 15) is 4.79 Å². The van der Waals surface area contributed by atoms with E-state index in [1.54, 1.807) is 29.5 Å². The molecule has 0 atom stereocenters. The molecule has 5 heteroatoms. The molecule has 0 saturated heterocycles. The van der Waals surface area contributed by atoms with Crippen LogP contribution in [0.1, 0.15) is 10.4 Å². The number of carbonyl (C=O) groups is 1. The first-order chi connectivity index (χ1) is 9.15. The van der Waals surface area contributed by atoms with E-state index < -0.39 is 5.97 Å². The molecule has 98 valence electrons. The predicted molar refractivity (Wildman–Crippen MR) is 76.8 cm³/mol. The maximum Gasteiger partial charge on any atom is 0.328 e. The third-order valence-electron chi connectivity index (χ3n) is 2.32. The lowest BCUT2D eigenvalue weighted by Gasteiger charge is -2.07. The molecule has 1 aromatic heterocycles. The average Bonchev–Trinajstić information content (AvgIpc) is 2.88. The molecule has 1 N–H and O–H groups in total. The van der Waals surface area contributed by atoms with E-state index in [1.165, 1.54) is 6.08 Å². The molecule has 2 rings (SSSR count). The van der Waals surface area contributed by atoms with Crippen LogP contribution < -0.4 is 4.74 Å². The number of aliphatic carboxylic acids is 1. The number of hydrogen-bond acceptors (Lipinski definition) is 3. The lowest BCUT2D eigenvalue weighted by Crippen LogP contribution is -1.93. The fourth-order valence-electron chi connectivity index (χ4n) is 1.45. The lowest BCUT2D eigenvalue weighted by atomic mass is 10.2. The van der Waals surface area contributed by atoms with Crippen molar-refractivity contribution in [2.24, 2.45) is 0 Å². The molecule has 0 unspecified atom stereocenters. The van der Waals surface area contributed by atoms with Crippen LogP contribution in [0.3, 0.4) is 0 Å². The van der Waals surface area contributed by atoms with E-state index in [1.807, 2.05) is 17.5 Å². The van der Waals surface area contributed by atoms with Gasteiger partial charge in [-0.15, -0.1) is 11.3 Å². The Morgan fingerprint density at radius 3 is 2.89 bits per heavy atom. The van der Waals surface area contributed by atoms with E-state index in [4.69, 9.17) is 21.4 Å². The number of hydrogen-bond donors (Lipinski definition) is 1. The van der Waals surface area contributed by atoms with Crippen LogP contribution in [0.4, 0.5) is 0 Å². The van der Waals surface area contributed by atoms with Crippen LogP contribution in [0.25, 0.3) is 6.08 Å². The molecule has 0 aliphatic carbocycles. The van der Waals surface area contributed by atoms with E-state index in [2.05, 4.69) is 0 Å². The molecule has 0 aliphatic rings. The predicted octanol–water partition coefficient (Wildman–Crippen LogP) is 4.08. The van der Waals surface area contributed by atoms with Gasteiger partial charge in [0.2, 0.25) is 0 Å². The molecule has 1 heterocycles. The van der Waals surface area contributed by atoms with Crippen LogP contribution in [0.15, 0.2) is 41.8 Å². The van der Waals surface area contributed by atoms with Gasteiger partial charge < -0.3 is 9.84 Å². The minimum atomic E-state index is -0.992. The molecule has 0 radical (unpaired) electrons. The van der Waals surface area contributed by atoms with Crippen LogP contribution >= 0.6 is 22.9 Å². The lowest BCUT2D eigenvalue weighted by molar-refractivity contribution is -0.131. The molecule has 0 aliphatic heterocycles. The Balaban J connectivity index is 2.04. The fraction of sp³-hybridized carbons (Fsp3) is 0.0714. The van der Waals surface area contributed by atoms with Gasteiger partial charge in [0.25, 0.3) is 0 Å². The molecular formula is C14H11ClO3S. The second-order valence-corrected chi connectivity index (χ2v) is 5.17. The van der Waals surface area contributed by atoms with Crippen LogP contribution in [0.5, 0.6) is 5.75 Å². The summed E-state index contributed by atoms with van der Waals surface area (Å²) < 4.78 is 5.60. The third-order valence-corrected chi connectivity index (χ3v) is 3.47. The number of thiophene rings is 1. The van der Waals surface area contributed by atoms with Gasteiger partial charge in [-0.05, 0) is 35.2 Å². The van der Waals surface area contributed by atoms with Gasteiger partial charge in [0.05, 0.1) is 5.02 Å². The molecule has 2 aromatic rings. The highest BCUT2D eigenvalue weighted by Gasteiger charge is 2.03. The molecule has 0 saturated carbocycles. The van der Waals surface area contributed by atoms with Gasteiger partial charge in [0, 0.05) is 11.0 Å². The quantitative estimate of drug-likeness (QED) is 0.845. The van der Waals surface area contributed by atoms with Crippen LogP contribution in [0, 0.1) is 0 Å². The Labute approximate surface area is 119 Å². The van der Waals surface area contributed by atoms with Gasteiger partial charge in [0.1, 0.15) is 12.4 Å². The van der Waals surface area contributed by atoms with Crippen molar-refractivity contribution in [3.63, 3.8) is 0 Å². The van der Waals surface area contributed by atoms with Crippen molar-refractivity contribution in [1.82, 2.24) is 0 Å². The summed E-state index contributed by atoms with van der Waals surface area (Å²) >= 11 is 7.70. The maximum atomic E-state index is 10.4. The van der Waals surface area contributed by atoms with Gasteiger partial charge in [-0.3, -0.25) is 0 Å². The fourth-order valence-corrected chi connectivity index (χ4v) is 2.31. The summed E-state index contributed by atoms with van der Waals surface area (Å²) in [5, 5.41) is 11.0. The monoisotopic (exact) mass is 294 g/mol. The number of carboxylic acids is 1. The zero-order valence-corrected chi connectivity index (χ0v) is 11.4. The Morgan fingerprint density at radius 2 is 2.26 bits per heavy atom. The third kappa shape index (κ3) is 4.12. The normalized spacial score (nSPS) is 10.8. The molecule has 0 bridgehead atoms. The molecule has 3 nitrogen and oxygen atoms in total. The van der Waals surface area contributed by atoms with Gasteiger partial charge in [-0.1, -0.05) is 23.7 Å². The van der Waals surface area contributed by atoms with Crippen molar-refractivity contribution < 1.29 is 14.6 Å². The molecule has 1 aromatic carbocycles. The standard InChI is InChI=1S/C14H11ClO3S/c15-12-8-10(4-6-14(16)17)3-5-13(12)18-9-11-2-1-7-19-11/h1-8H,9H2,(H,16,17). The average molecular weight is 295 g/mol. The highest BCUT2D eigenvalue weighted by atomic mass is 35.5. The van der Waals surface area contributed by atoms with Crippen molar-refractivity contribution in [3.8, 4) is 5.75 Å². The smallest absolute Gasteiger partial charge is 0.328 e. The zero-order chi connectivity index (χ0) is 13.7. The van der Waals surface area contributed by atoms with Crippen molar-refractivity contribution in [3.05, 3.63) is 57.3 Å². The number of carboxylic acid groups (broad SMARTS) is 1. The second-order valence-electron chi connectivity index (χ2n) is 3.73. The van der Waals surface area contributed by atoms with E-state index in [0.717, 1.165) is 16.5 Å². The van der Waals surface area contributed by atoms with E-state index in [0.29, 0.717) is 17.4 Å². The van der Waals surface area contributed by atoms with E-state index in [-0.39, 0.29) is 0 Å². The van der Waals surface area contributed by atoms with Crippen molar-refractivity contribution >= 4 is 35.0 Å². The van der Waals surface area contributed by atoms with Crippen molar-refractivity contribution in [1.29, 1.82) is 0 Å². The first-order valence-electron chi connectivity index (χ1n) is 5.51. The first kappa shape index (κ1) is 13.6. The Hall–Kier alpha value is -1.78. The van der Waals surface area contributed by atoms with Crippen molar-refractivity contribution in [2.75, 3.05) is 0 Å². The second kappa shape index (κ2) is 6.41. The van der Waals surface area contributed by atoms with Gasteiger partial charge in [-0.25, -0.2) is 4.79 Å². The highest BCUT2D eigenvalue weighted by molar-refractivity contribution is 7.09. The number of halogens is 1. The number of benzene rings is 1. The van der Waals surface area contributed by atoms with Gasteiger partial charge >= 0.3 is 5.97 Å². The minimum absolute atomic E-state index is 0.462. The maximum absolute atomic E-state index is 10.4. The van der Waals surface area contributed by atoms with Crippen LogP contribution in [-0.2, 0) is 11.4 Å². The number of ether oxygens (including phenoxy) is 1. The summed E-state index contributed by atoms with van der Waals surface area (Å²) in [4.78, 5) is 11.5. The molecule has 0 amide bonds. The molecule has 19 heavy (non-hydrogen) atoms. The largest absolute Gasteiger partial charge is 0.487 e. The Morgan fingerprint density at radius 1 is 1.42 bits per heavy atom. The summed E-state index contributed by atoms with van der Waals surface area (Å²) in [6.45, 7) is 0.474. The highest BCUT2D eigenvalue weighted by Crippen LogP contribution is 2.27. The van der Waals surface area contributed by atoms with Crippen molar-refractivity contribution in [2.45, 2.75) is 6.61 Å². The van der Waals surface area contributed by atoms with Crippen LogP contribution in [0.2, 0.25) is 5.02 Å². The molecular weight excluding hydrogens is 284 g/mol. The van der Waals surface area contributed by atoms with Crippen LogP contribution in [-0.4, -0.2) is 11.1 Å². The Kier molecular flexibility index (Phi) is 4.60. The summed E-state index contributed by atoms with van der Waals surface area (Å²) in [5.41, 5.74) is 0.718. The minimum Gasteiger partial charge on any atom is -0.487 e. The van der Waals surface area contributed by atoms with E-state index >= 15 is 0 Å². The molecule has 0 fully saturated rings. The SMILES string of the molecule is O=C(O)C=Cc1ccc(OCc2cccs2)c(Cl)c1. The van der Waals surface area contributed by atoms with Gasteiger partial charge in [-0.2, -0.15) is 0 Å².